The Kier molecular flexibility index (Phi) is 3.89. The number of amides is 1. The van der Waals surface area contributed by atoms with Crippen molar-refractivity contribution in [3.8, 4) is 6.07 Å². The van der Waals surface area contributed by atoms with E-state index in [2.05, 4.69) is 5.32 Å². The first-order chi connectivity index (χ1) is 8.26. The molecule has 1 rings (SSSR count). The van der Waals surface area contributed by atoms with Crippen molar-refractivity contribution in [1.82, 2.24) is 5.32 Å². The van der Waals surface area contributed by atoms with Crippen molar-refractivity contribution in [2.24, 2.45) is 0 Å². The summed E-state index contributed by atoms with van der Waals surface area (Å²) in [5.74, 6) is -0.712. The largest absolute Gasteiger partial charge is 0.334 e. The number of rotatable bonds is 3. The molecule has 0 saturated carbocycles. The molecule has 0 spiro atoms. The van der Waals surface area contributed by atoms with E-state index in [1.807, 2.05) is 6.07 Å². The van der Waals surface area contributed by atoms with Crippen molar-refractivity contribution in [3.63, 3.8) is 0 Å². The molecule has 0 saturated heterocycles. The van der Waals surface area contributed by atoms with Crippen LogP contribution in [0.4, 0.5) is 5.69 Å². The Morgan fingerprint density at radius 3 is 2.67 bits per heavy atom. The average Bonchev–Trinajstić information content (AvgIpc) is 2.28. The van der Waals surface area contributed by atoms with Gasteiger partial charge in [-0.25, -0.2) is 0 Å². The molecule has 0 aromatic heterocycles. The lowest BCUT2D eigenvalue weighted by Crippen LogP contribution is -2.42. The number of hydrogen-bond donors (Lipinski definition) is 1. The molecule has 1 aromatic rings. The molecule has 0 aliphatic carbocycles. The van der Waals surface area contributed by atoms with E-state index in [1.54, 1.807) is 0 Å². The second-order valence-corrected chi connectivity index (χ2v) is 4.55. The summed E-state index contributed by atoms with van der Waals surface area (Å²) in [6.07, 6.45) is 0. The molecular weight excluding hydrogens is 258 g/mol. The van der Waals surface area contributed by atoms with E-state index >= 15 is 0 Å². The van der Waals surface area contributed by atoms with Gasteiger partial charge in [-0.3, -0.25) is 14.9 Å². The van der Waals surface area contributed by atoms with Crippen LogP contribution in [0.3, 0.4) is 0 Å². The number of hydrogen-bond acceptors (Lipinski definition) is 4. The van der Waals surface area contributed by atoms with Gasteiger partial charge in [0, 0.05) is 11.1 Å². The third-order valence-electron chi connectivity index (χ3n) is 2.11. The molecule has 1 N–H and O–H groups in total. The highest BCUT2D eigenvalue weighted by molar-refractivity contribution is 6.31. The molecule has 0 bridgehead atoms. The summed E-state index contributed by atoms with van der Waals surface area (Å²) in [5.41, 5.74) is -1.64. The minimum absolute atomic E-state index is 0.171. The Labute approximate surface area is 108 Å². The highest BCUT2D eigenvalue weighted by Gasteiger charge is 2.26. The Hall–Kier alpha value is -2.13. The SMILES string of the molecule is CC(C)(C#N)NC(=O)c1cc(Cl)ccc1[N+](=O)[O-]. The Morgan fingerprint density at radius 1 is 1.56 bits per heavy atom. The van der Waals surface area contributed by atoms with E-state index in [-0.39, 0.29) is 16.3 Å². The summed E-state index contributed by atoms with van der Waals surface area (Å²) in [7, 11) is 0. The topological polar surface area (TPSA) is 96.0 Å². The number of halogens is 1. The molecule has 6 nitrogen and oxygen atoms in total. The number of carbonyl (C=O) groups is 1. The summed E-state index contributed by atoms with van der Waals surface area (Å²) in [5, 5.41) is 22.2. The number of nitrogens with zero attached hydrogens (tertiary/aromatic N) is 2. The number of benzene rings is 1. The molecule has 94 valence electrons. The molecule has 0 heterocycles. The highest BCUT2D eigenvalue weighted by atomic mass is 35.5. The average molecular weight is 268 g/mol. The van der Waals surface area contributed by atoms with Gasteiger partial charge in [0.05, 0.1) is 11.0 Å². The van der Waals surface area contributed by atoms with E-state index in [0.717, 1.165) is 6.07 Å². The lowest BCUT2D eigenvalue weighted by Gasteiger charge is -2.17. The van der Waals surface area contributed by atoms with Crippen molar-refractivity contribution in [2.75, 3.05) is 0 Å². The van der Waals surface area contributed by atoms with Gasteiger partial charge in [-0.05, 0) is 26.0 Å². The molecule has 0 fully saturated rings. The summed E-state index contributed by atoms with van der Waals surface area (Å²) >= 11 is 5.70. The van der Waals surface area contributed by atoms with Crippen LogP contribution < -0.4 is 5.32 Å². The first-order valence-corrected chi connectivity index (χ1v) is 5.32. The molecule has 0 aliphatic rings. The molecule has 0 radical (unpaired) electrons. The van der Waals surface area contributed by atoms with Crippen LogP contribution in [0.5, 0.6) is 0 Å². The smallest absolute Gasteiger partial charge is 0.282 e. The van der Waals surface area contributed by atoms with Crippen LogP contribution >= 0.6 is 11.6 Å². The van der Waals surface area contributed by atoms with E-state index in [1.165, 1.54) is 26.0 Å². The maximum Gasteiger partial charge on any atom is 0.282 e. The zero-order valence-corrected chi connectivity index (χ0v) is 10.5. The zero-order valence-electron chi connectivity index (χ0n) is 9.73. The zero-order chi connectivity index (χ0) is 13.9. The lowest BCUT2D eigenvalue weighted by molar-refractivity contribution is -0.385. The first-order valence-electron chi connectivity index (χ1n) is 4.94. The maximum absolute atomic E-state index is 11.9. The molecule has 0 unspecified atom stereocenters. The summed E-state index contributed by atoms with van der Waals surface area (Å²) < 4.78 is 0. The maximum atomic E-state index is 11.9. The molecule has 18 heavy (non-hydrogen) atoms. The molecule has 1 aromatic carbocycles. The van der Waals surface area contributed by atoms with E-state index in [0.29, 0.717) is 0 Å². The number of nitriles is 1. The summed E-state index contributed by atoms with van der Waals surface area (Å²) in [6.45, 7) is 2.97. The predicted molar refractivity (Wildman–Crippen MR) is 65.3 cm³/mol. The van der Waals surface area contributed by atoms with Crippen LogP contribution in [-0.2, 0) is 0 Å². The van der Waals surface area contributed by atoms with Gasteiger partial charge in [0.2, 0.25) is 0 Å². The number of nitrogens with one attached hydrogen (secondary N) is 1. The fourth-order valence-corrected chi connectivity index (χ4v) is 1.40. The minimum atomic E-state index is -1.12. The molecular formula is C11H10ClN3O3. The summed E-state index contributed by atoms with van der Waals surface area (Å²) in [6, 6.07) is 5.54. The van der Waals surface area contributed by atoms with E-state index < -0.39 is 16.4 Å². The molecule has 7 heteroatoms. The van der Waals surface area contributed by atoms with Gasteiger partial charge in [0.25, 0.3) is 11.6 Å². The van der Waals surface area contributed by atoms with E-state index in [9.17, 15) is 14.9 Å². The van der Waals surface area contributed by atoms with Crippen molar-refractivity contribution in [3.05, 3.63) is 38.9 Å². The standard InChI is InChI=1S/C11H10ClN3O3/c1-11(2,6-13)14-10(16)8-5-7(12)3-4-9(8)15(17)18/h3-5H,1-2H3,(H,14,16). The normalized spacial score (nSPS) is 10.6. The van der Waals surface area contributed by atoms with Crippen LogP contribution in [0.1, 0.15) is 24.2 Å². The Morgan fingerprint density at radius 2 is 2.17 bits per heavy atom. The second kappa shape index (κ2) is 5.02. The fraction of sp³-hybridized carbons (Fsp3) is 0.273. The van der Waals surface area contributed by atoms with Crippen LogP contribution in [0.2, 0.25) is 5.02 Å². The van der Waals surface area contributed by atoms with Gasteiger partial charge in [0.1, 0.15) is 11.1 Å². The molecule has 1 amide bonds. The van der Waals surface area contributed by atoms with Crippen molar-refractivity contribution < 1.29 is 9.72 Å². The van der Waals surface area contributed by atoms with Gasteiger partial charge < -0.3 is 5.32 Å². The van der Waals surface area contributed by atoms with Crippen molar-refractivity contribution in [1.29, 1.82) is 5.26 Å². The molecule has 0 aliphatic heterocycles. The minimum Gasteiger partial charge on any atom is -0.334 e. The monoisotopic (exact) mass is 267 g/mol. The fourth-order valence-electron chi connectivity index (χ4n) is 1.23. The predicted octanol–water partition coefficient (Wildman–Crippen LogP) is 2.28. The Bertz CT molecular complexity index is 549. The number of carbonyl (C=O) groups excluding carboxylic acids is 1. The summed E-state index contributed by atoms with van der Waals surface area (Å²) in [4.78, 5) is 22.0. The van der Waals surface area contributed by atoms with Gasteiger partial charge in [-0.1, -0.05) is 11.6 Å². The second-order valence-electron chi connectivity index (χ2n) is 4.11. The Balaban J connectivity index is 3.17. The van der Waals surface area contributed by atoms with Gasteiger partial charge in [-0.2, -0.15) is 5.26 Å². The van der Waals surface area contributed by atoms with Crippen molar-refractivity contribution >= 4 is 23.2 Å². The lowest BCUT2D eigenvalue weighted by atomic mass is 10.1. The van der Waals surface area contributed by atoms with Crippen LogP contribution in [0, 0.1) is 21.4 Å². The molecule has 0 atom stereocenters. The van der Waals surface area contributed by atoms with Crippen LogP contribution in [0.25, 0.3) is 0 Å². The van der Waals surface area contributed by atoms with Crippen LogP contribution in [0.15, 0.2) is 18.2 Å². The quantitative estimate of drug-likeness (QED) is 0.671. The highest BCUT2D eigenvalue weighted by Crippen LogP contribution is 2.23. The third-order valence-corrected chi connectivity index (χ3v) is 2.34. The van der Waals surface area contributed by atoms with Gasteiger partial charge >= 0.3 is 0 Å². The van der Waals surface area contributed by atoms with Gasteiger partial charge in [-0.15, -0.1) is 0 Å². The number of nitro benzene ring substituents is 1. The number of nitro groups is 1. The van der Waals surface area contributed by atoms with E-state index in [4.69, 9.17) is 16.9 Å². The van der Waals surface area contributed by atoms with Gasteiger partial charge in [0.15, 0.2) is 0 Å². The third kappa shape index (κ3) is 3.18. The first kappa shape index (κ1) is 13.9. The van der Waals surface area contributed by atoms with Crippen molar-refractivity contribution in [2.45, 2.75) is 19.4 Å². The van der Waals surface area contributed by atoms with Crippen LogP contribution in [-0.4, -0.2) is 16.4 Å².